The van der Waals surface area contributed by atoms with Crippen molar-refractivity contribution in [3.63, 3.8) is 0 Å². The van der Waals surface area contributed by atoms with Crippen molar-refractivity contribution in [1.29, 1.82) is 0 Å². The smallest absolute Gasteiger partial charge is 0.230 e. The highest BCUT2D eigenvalue weighted by Gasteiger charge is 2.11. The van der Waals surface area contributed by atoms with Crippen LogP contribution in [0.4, 0.5) is 10.1 Å². The molecule has 3 aromatic rings. The summed E-state index contributed by atoms with van der Waals surface area (Å²) in [4.78, 5) is 20.5. The Morgan fingerprint density at radius 3 is 2.96 bits per heavy atom. The highest BCUT2D eigenvalue weighted by Crippen LogP contribution is 2.24. The van der Waals surface area contributed by atoms with E-state index in [0.717, 1.165) is 16.6 Å². The topological polar surface area (TPSA) is 54.9 Å². The second-order valence-corrected chi connectivity index (χ2v) is 6.00. The third-order valence-corrected chi connectivity index (χ3v) is 4.26. The van der Waals surface area contributed by atoms with Crippen LogP contribution in [0.3, 0.4) is 0 Å². The molecule has 3 rings (SSSR count). The Hall–Kier alpha value is -2.31. The molecule has 116 valence electrons. The number of carbonyl (C=O) groups is 1. The first-order valence-electron chi connectivity index (χ1n) is 6.71. The molecule has 1 N–H and O–H groups in total. The standard InChI is InChI=1S/C16H11ClFN3OS/c17-13-6-11(18)3-4-14(13)21-15(22)7-12-9-23-16(20-12)10-2-1-5-19-8-10/h1-6,8-9H,7H2,(H,21,22). The predicted octanol–water partition coefficient (Wildman–Crippen LogP) is 4.18. The van der Waals surface area contributed by atoms with Gasteiger partial charge in [-0.05, 0) is 30.3 Å². The number of rotatable bonds is 4. The summed E-state index contributed by atoms with van der Waals surface area (Å²) in [5.74, 6) is -0.713. The molecule has 0 aliphatic carbocycles. The fourth-order valence-electron chi connectivity index (χ4n) is 1.96. The molecule has 0 saturated heterocycles. The molecule has 0 atom stereocenters. The molecule has 2 heterocycles. The lowest BCUT2D eigenvalue weighted by Crippen LogP contribution is -2.14. The van der Waals surface area contributed by atoms with Gasteiger partial charge in [0.2, 0.25) is 5.91 Å². The maximum Gasteiger partial charge on any atom is 0.230 e. The average Bonchev–Trinajstić information content (AvgIpc) is 2.99. The fourth-order valence-corrected chi connectivity index (χ4v) is 2.98. The van der Waals surface area contributed by atoms with Gasteiger partial charge < -0.3 is 5.32 Å². The normalized spacial score (nSPS) is 10.5. The van der Waals surface area contributed by atoms with Gasteiger partial charge in [0, 0.05) is 23.3 Å². The van der Waals surface area contributed by atoms with Gasteiger partial charge in [0.25, 0.3) is 0 Å². The third kappa shape index (κ3) is 3.91. The maximum atomic E-state index is 13.0. The number of pyridine rings is 1. The van der Waals surface area contributed by atoms with Crippen molar-refractivity contribution >= 4 is 34.5 Å². The molecular weight excluding hydrogens is 337 g/mol. The highest BCUT2D eigenvalue weighted by atomic mass is 35.5. The van der Waals surface area contributed by atoms with Gasteiger partial charge >= 0.3 is 0 Å². The Bertz CT molecular complexity index is 838. The summed E-state index contributed by atoms with van der Waals surface area (Å²) in [5.41, 5.74) is 1.94. The number of nitrogens with one attached hydrogen (secondary N) is 1. The van der Waals surface area contributed by atoms with Crippen molar-refractivity contribution in [3.8, 4) is 10.6 Å². The van der Waals surface area contributed by atoms with Crippen LogP contribution in [-0.2, 0) is 11.2 Å². The zero-order valence-corrected chi connectivity index (χ0v) is 13.4. The van der Waals surface area contributed by atoms with Gasteiger partial charge in [-0.2, -0.15) is 0 Å². The number of amides is 1. The Balaban J connectivity index is 1.68. The predicted molar refractivity (Wildman–Crippen MR) is 89.1 cm³/mol. The van der Waals surface area contributed by atoms with Crippen LogP contribution in [0.25, 0.3) is 10.6 Å². The van der Waals surface area contributed by atoms with E-state index in [2.05, 4.69) is 15.3 Å². The molecule has 1 aromatic carbocycles. The van der Waals surface area contributed by atoms with E-state index >= 15 is 0 Å². The number of benzene rings is 1. The molecule has 1 amide bonds. The van der Waals surface area contributed by atoms with Crippen LogP contribution in [0.5, 0.6) is 0 Å². The van der Waals surface area contributed by atoms with E-state index in [-0.39, 0.29) is 17.4 Å². The average molecular weight is 348 g/mol. The minimum absolute atomic E-state index is 0.116. The lowest BCUT2D eigenvalue weighted by Gasteiger charge is -2.06. The Morgan fingerprint density at radius 1 is 1.35 bits per heavy atom. The zero-order valence-electron chi connectivity index (χ0n) is 11.8. The quantitative estimate of drug-likeness (QED) is 0.770. The first kappa shape index (κ1) is 15.6. The minimum atomic E-state index is -0.450. The Morgan fingerprint density at radius 2 is 2.22 bits per heavy atom. The number of thiazole rings is 1. The zero-order chi connectivity index (χ0) is 16.2. The largest absolute Gasteiger partial charge is 0.324 e. The van der Waals surface area contributed by atoms with Crippen molar-refractivity contribution in [2.45, 2.75) is 6.42 Å². The molecule has 0 fully saturated rings. The number of hydrogen-bond donors (Lipinski definition) is 1. The van der Waals surface area contributed by atoms with E-state index in [1.165, 1.54) is 23.5 Å². The van der Waals surface area contributed by atoms with Crippen LogP contribution in [0, 0.1) is 5.82 Å². The highest BCUT2D eigenvalue weighted by molar-refractivity contribution is 7.13. The van der Waals surface area contributed by atoms with Gasteiger partial charge in [-0.1, -0.05) is 11.6 Å². The lowest BCUT2D eigenvalue weighted by molar-refractivity contribution is -0.115. The molecule has 4 nitrogen and oxygen atoms in total. The summed E-state index contributed by atoms with van der Waals surface area (Å²) in [5, 5.41) is 5.44. The van der Waals surface area contributed by atoms with Gasteiger partial charge in [-0.3, -0.25) is 9.78 Å². The van der Waals surface area contributed by atoms with Gasteiger partial charge in [-0.25, -0.2) is 9.37 Å². The van der Waals surface area contributed by atoms with Gasteiger partial charge in [0.1, 0.15) is 10.8 Å². The van der Waals surface area contributed by atoms with E-state index < -0.39 is 5.82 Å². The number of nitrogens with zero attached hydrogens (tertiary/aromatic N) is 2. The molecular formula is C16H11ClFN3OS. The minimum Gasteiger partial charge on any atom is -0.324 e. The summed E-state index contributed by atoms with van der Waals surface area (Å²) in [7, 11) is 0. The summed E-state index contributed by atoms with van der Waals surface area (Å²) in [6.07, 6.45) is 3.53. The summed E-state index contributed by atoms with van der Waals surface area (Å²) < 4.78 is 13.0. The van der Waals surface area contributed by atoms with Crippen molar-refractivity contribution in [3.05, 3.63) is 64.6 Å². The molecule has 0 aliphatic heterocycles. The van der Waals surface area contributed by atoms with Gasteiger partial charge in [0.15, 0.2) is 0 Å². The second kappa shape index (κ2) is 6.85. The molecule has 0 bridgehead atoms. The third-order valence-electron chi connectivity index (χ3n) is 3.01. The van der Waals surface area contributed by atoms with E-state index in [1.807, 2.05) is 17.5 Å². The first-order chi connectivity index (χ1) is 11.1. The van der Waals surface area contributed by atoms with E-state index in [9.17, 15) is 9.18 Å². The van der Waals surface area contributed by atoms with Crippen molar-refractivity contribution in [1.82, 2.24) is 9.97 Å². The summed E-state index contributed by atoms with van der Waals surface area (Å²) in [6.45, 7) is 0. The maximum absolute atomic E-state index is 13.0. The van der Waals surface area contributed by atoms with Crippen molar-refractivity contribution in [2.24, 2.45) is 0 Å². The Labute approximate surface area is 141 Å². The number of halogens is 2. The lowest BCUT2D eigenvalue weighted by atomic mass is 10.2. The second-order valence-electron chi connectivity index (χ2n) is 4.73. The SMILES string of the molecule is O=C(Cc1csc(-c2cccnc2)n1)Nc1ccc(F)cc1Cl. The van der Waals surface area contributed by atoms with E-state index in [1.54, 1.807) is 12.4 Å². The molecule has 0 radical (unpaired) electrons. The monoisotopic (exact) mass is 347 g/mol. The molecule has 0 unspecified atom stereocenters. The molecule has 23 heavy (non-hydrogen) atoms. The van der Waals surface area contributed by atoms with E-state index in [4.69, 9.17) is 11.6 Å². The fraction of sp³-hybridized carbons (Fsp3) is 0.0625. The van der Waals surface area contributed by atoms with Crippen molar-refractivity contribution < 1.29 is 9.18 Å². The number of carbonyl (C=O) groups excluding carboxylic acids is 1. The van der Waals surface area contributed by atoms with Crippen LogP contribution in [0.2, 0.25) is 5.02 Å². The van der Waals surface area contributed by atoms with Gasteiger partial charge in [0.05, 0.1) is 22.8 Å². The Kier molecular flexibility index (Phi) is 4.64. The van der Waals surface area contributed by atoms with Crippen LogP contribution in [-0.4, -0.2) is 15.9 Å². The number of hydrogen-bond acceptors (Lipinski definition) is 4. The molecule has 0 saturated carbocycles. The number of aromatic nitrogens is 2. The van der Waals surface area contributed by atoms with Crippen LogP contribution < -0.4 is 5.32 Å². The summed E-state index contributed by atoms with van der Waals surface area (Å²) >= 11 is 7.33. The number of anilines is 1. The summed E-state index contributed by atoms with van der Waals surface area (Å²) in [6, 6.07) is 7.57. The molecule has 0 spiro atoms. The molecule has 0 aliphatic rings. The van der Waals surface area contributed by atoms with Crippen LogP contribution in [0.15, 0.2) is 48.1 Å². The van der Waals surface area contributed by atoms with Gasteiger partial charge in [-0.15, -0.1) is 11.3 Å². The molecule has 7 heteroatoms. The molecule has 2 aromatic heterocycles. The van der Waals surface area contributed by atoms with E-state index in [0.29, 0.717) is 11.4 Å². The van der Waals surface area contributed by atoms with Crippen LogP contribution in [0.1, 0.15) is 5.69 Å². The van der Waals surface area contributed by atoms with Crippen molar-refractivity contribution in [2.75, 3.05) is 5.32 Å². The van der Waals surface area contributed by atoms with Crippen LogP contribution >= 0.6 is 22.9 Å². The first-order valence-corrected chi connectivity index (χ1v) is 7.97.